The molecule has 1 unspecified atom stereocenters. The van der Waals surface area contributed by atoms with Crippen LogP contribution in [0.25, 0.3) is 0 Å². The second-order valence-electron chi connectivity index (χ2n) is 2.88. The maximum Gasteiger partial charge on any atom is 0.303 e. The van der Waals surface area contributed by atoms with Crippen molar-refractivity contribution in [1.82, 2.24) is 4.90 Å². The zero-order valence-electron chi connectivity index (χ0n) is 7.57. The molecule has 0 saturated heterocycles. The van der Waals surface area contributed by atoms with Crippen LogP contribution in [-0.4, -0.2) is 25.0 Å². The molecule has 0 N–H and O–H groups in total. The lowest BCUT2D eigenvalue weighted by Gasteiger charge is -2.21. The molecule has 0 aliphatic carbocycles. The summed E-state index contributed by atoms with van der Waals surface area (Å²) in [6.07, 6.45) is -1.11. The van der Waals surface area contributed by atoms with E-state index in [0.29, 0.717) is 12.8 Å². The summed E-state index contributed by atoms with van der Waals surface area (Å²) in [5, 5.41) is 0. The average Bonchev–Trinajstić information content (AvgIpc) is 1.98. The molecular formula is C8H14F3N. The van der Waals surface area contributed by atoms with Crippen LogP contribution in [0.4, 0.5) is 13.2 Å². The lowest BCUT2D eigenvalue weighted by atomic mass is 10.1. The molecule has 4 heteroatoms. The largest absolute Gasteiger partial charge is 0.303 e. The van der Waals surface area contributed by atoms with Crippen molar-refractivity contribution in [2.75, 3.05) is 14.1 Å². The summed E-state index contributed by atoms with van der Waals surface area (Å²) in [5.41, 5.74) is 0. The van der Waals surface area contributed by atoms with Gasteiger partial charge in [-0.3, -0.25) is 0 Å². The third kappa shape index (κ3) is 3.26. The second-order valence-corrected chi connectivity index (χ2v) is 2.88. The van der Waals surface area contributed by atoms with E-state index in [-0.39, 0.29) is 0 Å². The molecule has 72 valence electrons. The van der Waals surface area contributed by atoms with E-state index < -0.39 is 17.9 Å². The first-order valence-corrected chi connectivity index (χ1v) is 3.87. The molecule has 0 aromatic carbocycles. The Kier molecular flexibility index (Phi) is 4.97. The highest BCUT2D eigenvalue weighted by Gasteiger charge is 2.20. The first-order chi connectivity index (χ1) is 5.50. The average molecular weight is 181 g/mol. The third-order valence-electron chi connectivity index (χ3n) is 1.66. The van der Waals surface area contributed by atoms with Gasteiger partial charge in [-0.05, 0) is 20.5 Å². The minimum Gasteiger partial charge on any atom is -0.300 e. The first-order valence-electron chi connectivity index (χ1n) is 3.87. The van der Waals surface area contributed by atoms with Gasteiger partial charge in [0.15, 0.2) is 5.83 Å². The Morgan fingerprint density at radius 2 is 1.75 bits per heavy atom. The first kappa shape index (κ1) is 11.5. The van der Waals surface area contributed by atoms with Gasteiger partial charge in [-0.15, -0.1) is 0 Å². The Morgan fingerprint density at radius 3 is 2.00 bits per heavy atom. The van der Waals surface area contributed by atoms with Gasteiger partial charge in [-0.2, -0.15) is 8.78 Å². The highest BCUT2D eigenvalue weighted by atomic mass is 19.3. The van der Waals surface area contributed by atoms with E-state index in [2.05, 4.69) is 0 Å². The van der Waals surface area contributed by atoms with Gasteiger partial charge in [0, 0.05) is 0 Å². The molecule has 0 aliphatic heterocycles. The lowest BCUT2D eigenvalue weighted by molar-refractivity contribution is 0.248. The van der Waals surface area contributed by atoms with Gasteiger partial charge >= 0.3 is 6.08 Å². The van der Waals surface area contributed by atoms with Gasteiger partial charge in [-0.1, -0.05) is 13.3 Å². The minimum absolute atomic E-state index is 0.413. The van der Waals surface area contributed by atoms with Gasteiger partial charge in [-0.25, -0.2) is 4.39 Å². The standard InChI is InChI=1S/C8H14F3N/c1-4-5-6(12(2)3)7(9)8(10)11/h6H,4-5H2,1-3H3. The summed E-state index contributed by atoms with van der Waals surface area (Å²) in [5.74, 6) is -1.30. The minimum atomic E-state index is -2.21. The SMILES string of the molecule is CCCC(C(F)=C(F)F)N(C)C. The zero-order chi connectivity index (χ0) is 9.72. The van der Waals surface area contributed by atoms with Crippen LogP contribution >= 0.6 is 0 Å². The Morgan fingerprint density at radius 1 is 1.25 bits per heavy atom. The van der Waals surface area contributed by atoms with E-state index in [4.69, 9.17) is 0 Å². The molecule has 0 amide bonds. The van der Waals surface area contributed by atoms with Crippen molar-refractivity contribution < 1.29 is 13.2 Å². The fourth-order valence-electron chi connectivity index (χ4n) is 1.01. The molecule has 12 heavy (non-hydrogen) atoms. The van der Waals surface area contributed by atoms with E-state index in [0.717, 1.165) is 0 Å². The fourth-order valence-corrected chi connectivity index (χ4v) is 1.01. The van der Waals surface area contributed by atoms with E-state index >= 15 is 0 Å². The number of likely N-dealkylation sites (N-methyl/N-ethyl adjacent to an activating group) is 1. The molecule has 0 rings (SSSR count). The highest BCUT2D eigenvalue weighted by Crippen LogP contribution is 2.20. The summed E-state index contributed by atoms with van der Waals surface area (Å²) in [4.78, 5) is 1.46. The zero-order valence-corrected chi connectivity index (χ0v) is 7.57. The van der Waals surface area contributed by atoms with E-state index in [1.54, 1.807) is 14.1 Å². The van der Waals surface area contributed by atoms with Crippen LogP contribution < -0.4 is 0 Å². The molecule has 0 aromatic heterocycles. The molecule has 0 bridgehead atoms. The van der Waals surface area contributed by atoms with Crippen molar-refractivity contribution in [2.24, 2.45) is 0 Å². The molecule has 0 aromatic rings. The summed E-state index contributed by atoms with van der Waals surface area (Å²) < 4.78 is 36.4. The van der Waals surface area contributed by atoms with Crippen LogP contribution in [0.1, 0.15) is 19.8 Å². The summed E-state index contributed by atoms with van der Waals surface area (Å²) in [7, 11) is 3.17. The van der Waals surface area contributed by atoms with Crippen LogP contribution in [-0.2, 0) is 0 Å². The molecule has 0 spiro atoms. The molecule has 0 heterocycles. The quantitative estimate of drug-likeness (QED) is 0.644. The predicted octanol–water partition coefficient (Wildman–Crippen LogP) is 2.79. The monoisotopic (exact) mass is 181 g/mol. The second kappa shape index (κ2) is 5.19. The summed E-state index contributed by atoms with van der Waals surface area (Å²) in [6.45, 7) is 1.83. The summed E-state index contributed by atoms with van der Waals surface area (Å²) in [6, 6.07) is -0.778. The van der Waals surface area contributed by atoms with Gasteiger partial charge in [0.25, 0.3) is 0 Å². The molecule has 0 saturated carbocycles. The number of nitrogens with zero attached hydrogens (tertiary/aromatic N) is 1. The van der Waals surface area contributed by atoms with Crippen molar-refractivity contribution in [1.29, 1.82) is 0 Å². The smallest absolute Gasteiger partial charge is 0.300 e. The van der Waals surface area contributed by atoms with E-state index in [9.17, 15) is 13.2 Å². The molecule has 1 nitrogen and oxygen atoms in total. The van der Waals surface area contributed by atoms with Gasteiger partial charge in [0.2, 0.25) is 0 Å². The van der Waals surface area contributed by atoms with Gasteiger partial charge in [0.1, 0.15) is 0 Å². The van der Waals surface area contributed by atoms with E-state index in [1.165, 1.54) is 4.90 Å². The van der Waals surface area contributed by atoms with Crippen molar-refractivity contribution in [3.63, 3.8) is 0 Å². The van der Waals surface area contributed by atoms with E-state index in [1.807, 2.05) is 6.92 Å². The Bertz CT molecular complexity index is 162. The Labute approximate surface area is 70.9 Å². The number of hydrogen-bond acceptors (Lipinski definition) is 1. The molecule has 1 atom stereocenters. The number of rotatable bonds is 4. The van der Waals surface area contributed by atoms with Crippen molar-refractivity contribution >= 4 is 0 Å². The molecule has 0 aliphatic rings. The number of halogens is 3. The maximum absolute atomic E-state index is 12.7. The molecule has 0 radical (unpaired) electrons. The fraction of sp³-hybridized carbons (Fsp3) is 0.750. The van der Waals surface area contributed by atoms with Crippen LogP contribution in [0.5, 0.6) is 0 Å². The van der Waals surface area contributed by atoms with Crippen LogP contribution in [0.2, 0.25) is 0 Å². The van der Waals surface area contributed by atoms with Crippen LogP contribution in [0, 0.1) is 0 Å². The Hall–Kier alpha value is -0.510. The topological polar surface area (TPSA) is 3.24 Å². The third-order valence-corrected chi connectivity index (χ3v) is 1.66. The van der Waals surface area contributed by atoms with Gasteiger partial charge in [0.05, 0.1) is 6.04 Å². The highest BCUT2D eigenvalue weighted by molar-refractivity contribution is 5.02. The molecular weight excluding hydrogens is 167 g/mol. The van der Waals surface area contributed by atoms with Crippen LogP contribution in [0.15, 0.2) is 11.9 Å². The Balaban J connectivity index is 4.41. The lowest BCUT2D eigenvalue weighted by Crippen LogP contribution is -2.28. The normalized spacial score (nSPS) is 13.2. The van der Waals surface area contributed by atoms with Crippen molar-refractivity contribution in [3.8, 4) is 0 Å². The number of hydrogen-bond donors (Lipinski definition) is 0. The summed E-state index contributed by atoms with van der Waals surface area (Å²) >= 11 is 0. The van der Waals surface area contributed by atoms with Gasteiger partial charge < -0.3 is 4.90 Å². The van der Waals surface area contributed by atoms with Crippen molar-refractivity contribution in [2.45, 2.75) is 25.8 Å². The maximum atomic E-state index is 12.7. The predicted molar refractivity (Wildman–Crippen MR) is 42.7 cm³/mol. The van der Waals surface area contributed by atoms with Crippen molar-refractivity contribution in [3.05, 3.63) is 11.9 Å². The molecule has 0 fully saturated rings. The van der Waals surface area contributed by atoms with Crippen LogP contribution in [0.3, 0.4) is 0 Å².